The number of H-pyrrole nitrogens is 1. The van der Waals surface area contributed by atoms with Gasteiger partial charge in [0, 0.05) is 23.7 Å². The summed E-state index contributed by atoms with van der Waals surface area (Å²) in [5.74, 6) is 1.10. The Hall–Kier alpha value is -3.32. The standard InChI is InChI=1S/C22H22ClN3O4/c1-4-26(21(27)9-8-14-6-5-7-15(23)10-14)13-20-24-17-12-19(30-3)18(29-2)11-16(17)22(28)25-20/h5-12H,4,13H2,1-3H3,(H,24,25,28)/b9-8-. The number of halogens is 1. The molecule has 3 rings (SSSR count). The molecule has 0 saturated heterocycles. The number of carbonyl (C=O) groups is 1. The van der Waals surface area contributed by atoms with Crippen LogP contribution >= 0.6 is 11.6 Å². The first kappa shape index (κ1) is 21.4. The van der Waals surface area contributed by atoms with Crippen LogP contribution in [0.25, 0.3) is 17.0 Å². The molecule has 0 aliphatic heterocycles. The molecular formula is C22H22ClN3O4. The van der Waals surface area contributed by atoms with Gasteiger partial charge >= 0.3 is 0 Å². The lowest BCUT2D eigenvalue weighted by Crippen LogP contribution is -2.30. The molecule has 0 unspecified atom stereocenters. The van der Waals surface area contributed by atoms with Gasteiger partial charge in [0.1, 0.15) is 5.82 Å². The van der Waals surface area contributed by atoms with Crippen LogP contribution in [-0.2, 0) is 11.3 Å². The average molecular weight is 428 g/mol. The number of rotatable bonds is 7. The van der Waals surface area contributed by atoms with E-state index >= 15 is 0 Å². The van der Waals surface area contributed by atoms with Crippen molar-refractivity contribution in [1.82, 2.24) is 14.9 Å². The zero-order valence-corrected chi connectivity index (χ0v) is 17.7. The molecule has 1 aromatic heterocycles. The predicted octanol–water partition coefficient (Wildman–Crippen LogP) is 3.66. The number of carbonyl (C=O) groups excluding carboxylic acids is 1. The van der Waals surface area contributed by atoms with E-state index in [1.165, 1.54) is 20.3 Å². The summed E-state index contributed by atoms with van der Waals surface area (Å²) in [5.41, 5.74) is 0.975. The summed E-state index contributed by atoms with van der Waals surface area (Å²) in [6.45, 7) is 2.47. The van der Waals surface area contributed by atoms with Gasteiger partial charge in [-0.25, -0.2) is 4.98 Å². The van der Waals surface area contributed by atoms with Gasteiger partial charge < -0.3 is 19.4 Å². The van der Waals surface area contributed by atoms with Gasteiger partial charge in [-0.3, -0.25) is 9.59 Å². The SMILES string of the molecule is CCN(Cc1nc2cc(OC)c(OC)cc2c(=O)[nH]1)C(=O)/C=C\c1cccc(Cl)c1. The van der Waals surface area contributed by atoms with E-state index in [2.05, 4.69) is 9.97 Å². The fraction of sp³-hybridized carbons (Fsp3) is 0.227. The van der Waals surface area contributed by atoms with E-state index in [0.717, 1.165) is 5.56 Å². The molecule has 3 aromatic rings. The number of benzene rings is 2. The zero-order valence-electron chi connectivity index (χ0n) is 16.9. The Morgan fingerprint density at radius 2 is 1.93 bits per heavy atom. The molecule has 0 saturated carbocycles. The summed E-state index contributed by atoms with van der Waals surface area (Å²) in [6, 6.07) is 10.4. The summed E-state index contributed by atoms with van der Waals surface area (Å²) in [4.78, 5) is 34.0. The van der Waals surface area contributed by atoms with Crippen molar-refractivity contribution in [3.63, 3.8) is 0 Å². The number of fused-ring (bicyclic) bond motifs is 1. The molecule has 30 heavy (non-hydrogen) atoms. The van der Waals surface area contributed by atoms with Crippen LogP contribution in [0.4, 0.5) is 0 Å². The van der Waals surface area contributed by atoms with Gasteiger partial charge in [-0.15, -0.1) is 0 Å². The van der Waals surface area contributed by atoms with E-state index in [0.29, 0.717) is 39.8 Å². The molecule has 7 nitrogen and oxygen atoms in total. The van der Waals surface area contributed by atoms with Gasteiger partial charge in [0.25, 0.3) is 5.56 Å². The second-order valence-corrected chi connectivity index (χ2v) is 6.91. The van der Waals surface area contributed by atoms with Crippen LogP contribution in [0.2, 0.25) is 5.02 Å². The Kier molecular flexibility index (Phi) is 6.74. The zero-order chi connectivity index (χ0) is 21.7. The summed E-state index contributed by atoms with van der Waals surface area (Å²) < 4.78 is 10.5. The first-order valence-electron chi connectivity index (χ1n) is 9.32. The Morgan fingerprint density at radius 3 is 2.60 bits per heavy atom. The molecule has 8 heteroatoms. The van der Waals surface area contributed by atoms with Gasteiger partial charge in [-0.2, -0.15) is 0 Å². The minimum Gasteiger partial charge on any atom is -0.493 e. The maximum atomic E-state index is 12.6. The smallest absolute Gasteiger partial charge is 0.258 e. The van der Waals surface area contributed by atoms with Gasteiger partial charge in [-0.1, -0.05) is 23.7 Å². The summed E-state index contributed by atoms with van der Waals surface area (Å²) >= 11 is 5.97. The van der Waals surface area contributed by atoms with Crippen molar-refractivity contribution in [3.8, 4) is 11.5 Å². The molecular weight excluding hydrogens is 406 g/mol. The van der Waals surface area contributed by atoms with Crippen molar-refractivity contribution >= 4 is 34.5 Å². The van der Waals surface area contributed by atoms with Crippen molar-refractivity contribution in [3.05, 3.63) is 69.2 Å². The van der Waals surface area contributed by atoms with Crippen LogP contribution in [0.5, 0.6) is 11.5 Å². The minimum absolute atomic E-state index is 0.161. The largest absolute Gasteiger partial charge is 0.493 e. The third kappa shape index (κ3) is 4.80. The summed E-state index contributed by atoms with van der Waals surface area (Å²) in [7, 11) is 3.02. The normalized spacial score (nSPS) is 11.1. The lowest BCUT2D eigenvalue weighted by Gasteiger charge is -2.18. The van der Waals surface area contributed by atoms with Crippen LogP contribution in [0, 0.1) is 0 Å². The van der Waals surface area contributed by atoms with Gasteiger partial charge in [-0.05, 0) is 36.8 Å². The van der Waals surface area contributed by atoms with E-state index in [1.807, 2.05) is 19.1 Å². The number of methoxy groups -OCH3 is 2. The molecule has 1 heterocycles. The van der Waals surface area contributed by atoms with Crippen molar-refractivity contribution in [2.45, 2.75) is 13.5 Å². The minimum atomic E-state index is -0.311. The fourth-order valence-electron chi connectivity index (χ4n) is 3.00. The molecule has 0 aliphatic carbocycles. The van der Waals surface area contributed by atoms with Crippen LogP contribution < -0.4 is 15.0 Å². The molecule has 156 valence electrons. The highest BCUT2D eigenvalue weighted by Crippen LogP contribution is 2.29. The monoisotopic (exact) mass is 427 g/mol. The van der Waals surface area contributed by atoms with E-state index in [1.54, 1.807) is 35.2 Å². The van der Waals surface area contributed by atoms with Crippen molar-refractivity contribution < 1.29 is 14.3 Å². The van der Waals surface area contributed by atoms with Gasteiger partial charge in [0.2, 0.25) is 5.91 Å². The van der Waals surface area contributed by atoms with E-state index in [9.17, 15) is 9.59 Å². The third-order valence-corrected chi connectivity index (χ3v) is 4.80. The highest BCUT2D eigenvalue weighted by atomic mass is 35.5. The highest BCUT2D eigenvalue weighted by Gasteiger charge is 2.14. The average Bonchev–Trinajstić information content (AvgIpc) is 2.75. The van der Waals surface area contributed by atoms with E-state index in [-0.39, 0.29) is 18.0 Å². The first-order chi connectivity index (χ1) is 14.4. The molecule has 0 aliphatic rings. The third-order valence-electron chi connectivity index (χ3n) is 4.56. The number of hydrogen-bond donors (Lipinski definition) is 1. The van der Waals surface area contributed by atoms with Gasteiger partial charge in [0.05, 0.1) is 31.7 Å². The lowest BCUT2D eigenvalue weighted by atomic mass is 10.2. The Labute approximate surface area is 178 Å². The number of aromatic amines is 1. The van der Waals surface area contributed by atoms with Crippen molar-refractivity contribution in [2.24, 2.45) is 0 Å². The molecule has 0 radical (unpaired) electrons. The van der Waals surface area contributed by atoms with Crippen LogP contribution in [0.1, 0.15) is 18.3 Å². The van der Waals surface area contributed by atoms with Crippen LogP contribution in [0.3, 0.4) is 0 Å². The van der Waals surface area contributed by atoms with Crippen LogP contribution in [-0.4, -0.2) is 41.5 Å². The molecule has 2 aromatic carbocycles. The number of aromatic nitrogens is 2. The summed E-state index contributed by atoms with van der Waals surface area (Å²) in [5, 5.41) is 0.980. The second kappa shape index (κ2) is 9.45. The van der Waals surface area contributed by atoms with E-state index in [4.69, 9.17) is 21.1 Å². The topological polar surface area (TPSA) is 84.5 Å². The second-order valence-electron chi connectivity index (χ2n) is 6.48. The number of nitrogens with zero attached hydrogens (tertiary/aromatic N) is 2. The number of nitrogens with one attached hydrogen (secondary N) is 1. The highest BCUT2D eigenvalue weighted by molar-refractivity contribution is 6.30. The van der Waals surface area contributed by atoms with E-state index < -0.39 is 0 Å². The molecule has 0 fully saturated rings. The lowest BCUT2D eigenvalue weighted by molar-refractivity contribution is -0.126. The van der Waals surface area contributed by atoms with Crippen molar-refractivity contribution in [1.29, 1.82) is 0 Å². The number of hydrogen-bond acceptors (Lipinski definition) is 5. The predicted molar refractivity (Wildman–Crippen MR) is 117 cm³/mol. The Morgan fingerprint density at radius 1 is 1.20 bits per heavy atom. The van der Waals surface area contributed by atoms with Crippen LogP contribution in [0.15, 0.2) is 47.3 Å². The maximum Gasteiger partial charge on any atom is 0.258 e. The molecule has 1 amide bonds. The van der Waals surface area contributed by atoms with Gasteiger partial charge in [0.15, 0.2) is 11.5 Å². The number of amides is 1. The summed E-state index contributed by atoms with van der Waals surface area (Å²) in [6.07, 6.45) is 3.17. The Bertz CT molecular complexity index is 1160. The number of ether oxygens (including phenoxy) is 2. The number of likely N-dealkylation sites (N-methyl/N-ethyl adjacent to an activating group) is 1. The maximum absolute atomic E-state index is 12.6. The Balaban J connectivity index is 1.85. The molecule has 1 N–H and O–H groups in total. The first-order valence-corrected chi connectivity index (χ1v) is 9.70. The molecule has 0 atom stereocenters. The molecule has 0 spiro atoms. The van der Waals surface area contributed by atoms with Crippen molar-refractivity contribution in [2.75, 3.05) is 20.8 Å². The molecule has 0 bridgehead atoms. The fourth-order valence-corrected chi connectivity index (χ4v) is 3.20. The quantitative estimate of drug-likeness (QED) is 0.582.